The molecule has 1 aliphatic heterocycles. The molecule has 2 N–H and O–H groups in total. The number of rotatable bonds is 8. The molecule has 1 aliphatic rings. The Morgan fingerprint density at radius 1 is 1.30 bits per heavy atom. The third-order valence-electron chi connectivity index (χ3n) is 4.50. The molecule has 1 heterocycles. The van der Waals surface area contributed by atoms with Crippen LogP contribution in [0.25, 0.3) is 0 Å². The van der Waals surface area contributed by atoms with Crippen molar-refractivity contribution in [2.24, 2.45) is 5.92 Å². The van der Waals surface area contributed by atoms with Gasteiger partial charge in [-0.1, -0.05) is 0 Å². The zero-order valence-corrected chi connectivity index (χ0v) is 16.6. The van der Waals surface area contributed by atoms with E-state index in [2.05, 4.69) is 5.32 Å². The van der Waals surface area contributed by atoms with Crippen LogP contribution in [0, 0.1) is 11.7 Å². The summed E-state index contributed by atoms with van der Waals surface area (Å²) < 4.78 is 39.4. The van der Waals surface area contributed by atoms with Gasteiger partial charge in [-0.05, 0) is 55.5 Å². The normalized spacial score (nSPS) is 17.4. The number of piperidine rings is 1. The first-order valence-electron chi connectivity index (χ1n) is 8.53. The van der Waals surface area contributed by atoms with Crippen LogP contribution in [-0.4, -0.2) is 60.8 Å². The maximum Gasteiger partial charge on any atom is 0.326 e. The second-order valence-electron chi connectivity index (χ2n) is 6.31. The summed E-state index contributed by atoms with van der Waals surface area (Å²) in [5.74, 6) is -1.76. The van der Waals surface area contributed by atoms with Crippen molar-refractivity contribution in [2.45, 2.75) is 30.2 Å². The molecule has 0 unspecified atom stereocenters. The minimum absolute atomic E-state index is 0.00908. The molecule has 0 saturated carbocycles. The average molecular weight is 419 g/mol. The number of aliphatic carboxylic acids is 1. The molecule has 2 rings (SSSR count). The van der Waals surface area contributed by atoms with Gasteiger partial charge in [-0.25, -0.2) is 17.6 Å². The van der Waals surface area contributed by atoms with Crippen molar-refractivity contribution in [3.8, 4) is 0 Å². The maximum absolute atomic E-state index is 13.0. The highest BCUT2D eigenvalue weighted by Crippen LogP contribution is 2.24. The Morgan fingerprint density at radius 3 is 2.41 bits per heavy atom. The number of carboxylic acids is 1. The minimum Gasteiger partial charge on any atom is -0.480 e. The largest absolute Gasteiger partial charge is 0.480 e. The first kappa shape index (κ1) is 21.6. The number of sulfonamides is 1. The Bertz CT molecular complexity index is 762. The van der Waals surface area contributed by atoms with E-state index >= 15 is 0 Å². The lowest BCUT2D eigenvalue weighted by molar-refractivity contribution is -0.142. The molecule has 0 aliphatic carbocycles. The number of amides is 1. The lowest BCUT2D eigenvalue weighted by Crippen LogP contribution is -2.47. The highest BCUT2D eigenvalue weighted by Gasteiger charge is 2.33. The van der Waals surface area contributed by atoms with Gasteiger partial charge in [0.2, 0.25) is 15.9 Å². The highest BCUT2D eigenvalue weighted by atomic mass is 32.2. The quantitative estimate of drug-likeness (QED) is 0.664. The predicted octanol–water partition coefficient (Wildman–Crippen LogP) is 1.55. The van der Waals surface area contributed by atoms with Crippen LogP contribution >= 0.6 is 11.8 Å². The van der Waals surface area contributed by atoms with E-state index in [9.17, 15) is 27.5 Å². The SMILES string of the molecule is CSCC[C@@H](NC(=O)C1CCN(S(=O)(=O)c2ccc(F)cc2)CC1)C(=O)O. The van der Waals surface area contributed by atoms with E-state index in [1.807, 2.05) is 6.26 Å². The van der Waals surface area contributed by atoms with E-state index < -0.39 is 33.8 Å². The second-order valence-corrected chi connectivity index (χ2v) is 9.24. The van der Waals surface area contributed by atoms with Crippen LogP contribution < -0.4 is 5.32 Å². The number of nitrogens with one attached hydrogen (secondary N) is 1. The number of halogens is 1. The van der Waals surface area contributed by atoms with E-state index in [4.69, 9.17) is 0 Å². The molecular formula is C17H23FN2O5S2. The predicted molar refractivity (Wildman–Crippen MR) is 100 cm³/mol. The summed E-state index contributed by atoms with van der Waals surface area (Å²) in [6.45, 7) is 0.306. The van der Waals surface area contributed by atoms with Gasteiger partial charge in [-0.3, -0.25) is 4.79 Å². The summed E-state index contributed by atoms with van der Waals surface area (Å²) in [5.41, 5.74) is 0. The van der Waals surface area contributed by atoms with Crippen molar-refractivity contribution in [1.82, 2.24) is 9.62 Å². The molecule has 1 aromatic carbocycles. The zero-order chi connectivity index (χ0) is 20.0. The molecule has 7 nitrogen and oxygen atoms in total. The molecule has 150 valence electrons. The second kappa shape index (κ2) is 9.52. The maximum atomic E-state index is 13.0. The molecule has 0 spiro atoms. The Kier molecular flexibility index (Phi) is 7.63. The molecule has 1 fully saturated rings. The van der Waals surface area contributed by atoms with E-state index in [-0.39, 0.29) is 23.9 Å². The van der Waals surface area contributed by atoms with Gasteiger partial charge in [-0.15, -0.1) is 0 Å². The van der Waals surface area contributed by atoms with Gasteiger partial charge >= 0.3 is 5.97 Å². The van der Waals surface area contributed by atoms with Crippen LogP contribution in [0.2, 0.25) is 0 Å². The van der Waals surface area contributed by atoms with Crippen molar-refractivity contribution in [3.63, 3.8) is 0 Å². The topological polar surface area (TPSA) is 104 Å². The van der Waals surface area contributed by atoms with E-state index in [0.717, 1.165) is 12.1 Å². The highest BCUT2D eigenvalue weighted by molar-refractivity contribution is 7.98. The van der Waals surface area contributed by atoms with Crippen molar-refractivity contribution in [2.75, 3.05) is 25.1 Å². The smallest absolute Gasteiger partial charge is 0.326 e. The molecule has 1 atom stereocenters. The fourth-order valence-corrected chi connectivity index (χ4v) is 4.84. The van der Waals surface area contributed by atoms with Crippen molar-refractivity contribution in [3.05, 3.63) is 30.1 Å². The van der Waals surface area contributed by atoms with Gasteiger partial charge in [0, 0.05) is 19.0 Å². The fourth-order valence-electron chi connectivity index (χ4n) is 2.90. The zero-order valence-electron chi connectivity index (χ0n) is 14.9. The number of hydrogen-bond donors (Lipinski definition) is 2. The van der Waals surface area contributed by atoms with Gasteiger partial charge in [0.15, 0.2) is 0 Å². The average Bonchev–Trinajstić information content (AvgIpc) is 2.65. The summed E-state index contributed by atoms with van der Waals surface area (Å²) in [4.78, 5) is 23.6. The van der Waals surface area contributed by atoms with Crippen LogP contribution in [-0.2, 0) is 19.6 Å². The van der Waals surface area contributed by atoms with Gasteiger partial charge in [0.1, 0.15) is 11.9 Å². The third-order valence-corrected chi connectivity index (χ3v) is 7.06. The molecule has 1 saturated heterocycles. The summed E-state index contributed by atoms with van der Waals surface area (Å²) in [6, 6.07) is 3.67. The number of benzene rings is 1. The lowest BCUT2D eigenvalue weighted by atomic mass is 9.96. The fraction of sp³-hybridized carbons (Fsp3) is 0.529. The Morgan fingerprint density at radius 2 is 1.89 bits per heavy atom. The Labute approximate surface area is 162 Å². The van der Waals surface area contributed by atoms with Crippen LogP contribution in [0.15, 0.2) is 29.2 Å². The van der Waals surface area contributed by atoms with Crippen LogP contribution in [0.3, 0.4) is 0 Å². The van der Waals surface area contributed by atoms with Gasteiger partial charge in [0.25, 0.3) is 0 Å². The number of hydrogen-bond acceptors (Lipinski definition) is 5. The van der Waals surface area contributed by atoms with E-state index in [1.165, 1.54) is 28.2 Å². The molecule has 0 bridgehead atoms. The lowest BCUT2D eigenvalue weighted by Gasteiger charge is -2.31. The number of carbonyl (C=O) groups is 2. The molecular weight excluding hydrogens is 395 g/mol. The molecule has 0 radical (unpaired) electrons. The summed E-state index contributed by atoms with van der Waals surface area (Å²) in [5, 5.41) is 11.8. The van der Waals surface area contributed by atoms with Crippen LogP contribution in [0.4, 0.5) is 4.39 Å². The number of carbonyl (C=O) groups excluding carboxylic acids is 1. The number of carboxylic acid groups (broad SMARTS) is 1. The third kappa shape index (κ3) is 5.66. The standard InChI is InChI=1S/C17H23FN2O5S2/c1-26-11-8-15(17(22)23)19-16(21)12-6-9-20(10-7-12)27(24,25)14-4-2-13(18)3-5-14/h2-5,12,15H,6-11H2,1H3,(H,19,21)(H,22,23)/t15-/m1/s1. The Balaban J connectivity index is 1.94. The van der Waals surface area contributed by atoms with E-state index in [1.54, 1.807) is 0 Å². The van der Waals surface area contributed by atoms with E-state index in [0.29, 0.717) is 25.0 Å². The minimum atomic E-state index is -3.74. The number of nitrogens with zero attached hydrogens (tertiary/aromatic N) is 1. The molecule has 0 aromatic heterocycles. The monoisotopic (exact) mass is 418 g/mol. The van der Waals surface area contributed by atoms with Gasteiger partial charge in [0.05, 0.1) is 4.90 Å². The first-order chi connectivity index (χ1) is 12.8. The van der Waals surface area contributed by atoms with Crippen LogP contribution in [0.5, 0.6) is 0 Å². The summed E-state index contributed by atoms with van der Waals surface area (Å²) in [6.07, 6.45) is 2.81. The summed E-state index contributed by atoms with van der Waals surface area (Å²) >= 11 is 1.50. The number of thioether (sulfide) groups is 1. The van der Waals surface area contributed by atoms with Crippen molar-refractivity contribution in [1.29, 1.82) is 0 Å². The van der Waals surface area contributed by atoms with Crippen molar-refractivity contribution >= 4 is 33.7 Å². The molecule has 1 aromatic rings. The van der Waals surface area contributed by atoms with Crippen molar-refractivity contribution < 1.29 is 27.5 Å². The summed E-state index contributed by atoms with van der Waals surface area (Å²) in [7, 11) is -3.74. The molecule has 10 heteroatoms. The molecule has 1 amide bonds. The molecule has 27 heavy (non-hydrogen) atoms. The first-order valence-corrected chi connectivity index (χ1v) is 11.4. The van der Waals surface area contributed by atoms with Gasteiger partial charge in [-0.2, -0.15) is 16.1 Å². The Hall–Kier alpha value is -1.65. The van der Waals surface area contributed by atoms with Gasteiger partial charge < -0.3 is 10.4 Å². The van der Waals surface area contributed by atoms with Crippen LogP contribution in [0.1, 0.15) is 19.3 Å².